The maximum atomic E-state index is 10.3. The molecular formula is C15H24OS2. The van der Waals surface area contributed by atoms with Gasteiger partial charge < -0.3 is 5.11 Å². The molecule has 0 bridgehead atoms. The Morgan fingerprint density at radius 2 is 1.33 bits per heavy atom. The van der Waals surface area contributed by atoms with Crippen molar-refractivity contribution >= 4 is 23.5 Å². The molecule has 1 N–H and O–H groups in total. The van der Waals surface area contributed by atoms with Crippen LogP contribution in [0.15, 0.2) is 12.1 Å². The second kappa shape index (κ2) is 7.34. The van der Waals surface area contributed by atoms with Gasteiger partial charge in [0.25, 0.3) is 0 Å². The Kier molecular flexibility index (Phi) is 6.44. The molecule has 3 heteroatoms. The first-order chi connectivity index (χ1) is 8.40. The fourth-order valence-electron chi connectivity index (χ4n) is 1.67. The van der Waals surface area contributed by atoms with E-state index >= 15 is 0 Å². The smallest absolute Gasteiger partial charge is 0.123 e. The fraction of sp³-hybridized carbons (Fsp3) is 0.600. The molecule has 0 atom stereocenters. The molecule has 0 fully saturated rings. The minimum Gasteiger partial charge on any atom is -0.507 e. The molecule has 18 heavy (non-hydrogen) atoms. The summed E-state index contributed by atoms with van der Waals surface area (Å²) in [5, 5.41) is 11.5. The molecule has 1 aromatic carbocycles. The largest absolute Gasteiger partial charge is 0.507 e. The van der Waals surface area contributed by atoms with Crippen molar-refractivity contribution in [3.8, 4) is 5.75 Å². The van der Waals surface area contributed by atoms with Crippen LogP contribution in [0.3, 0.4) is 0 Å². The van der Waals surface area contributed by atoms with Crippen molar-refractivity contribution in [3.05, 3.63) is 28.8 Å². The summed E-state index contributed by atoms with van der Waals surface area (Å²) in [5.41, 5.74) is 3.40. The van der Waals surface area contributed by atoms with E-state index in [1.165, 1.54) is 5.56 Å². The van der Waals surface area contributed by atoms with Crippen LogP contribution >= 0.6 is 23.5 Å². The first kappa shape index (κ1) is 15.8. The summed E-state index contributed by atoms with van der Waals surface area (Å²) in [4.78, 5) is 0. The Morgan fingerprint density at radius 3 is 1.67 bits per heavy atom. The minimum atomic E-state index is 0.502. The van der Waals surface area contributed by atoms with Gasteiger partial charge in [0, 0.05) is 22.6 Å². The predicted molar refractivity (Wildman–Crippen MR) is 85.7 cm³/mol. The van der Waals surface area contributed by atoms with E-state index < -0.39 is 0 Å². The number of phenols is 1. The average Bonchev–Trinajstić information content (AvgIpc) is 2.27. The molecule has 0 spiro atoms. The van der Waals surface area contributed by atoms with Gasteiger partial charge in [-0.05, 0) is 17.4 Å². The van der Waals surface area contributed by atoms with Crippen molar-refractivity contribution in [1.82, 2.24) is 0 Å². The van der Waals surface area contributed by atoms with Gasteiger partial charge in [0.15, 0.2) is 0 Å². The molecule has 0 radical (unpaired) electrons. The number of benzene rings is 1. The zero-order valence-electron chi connectivity index (χ0n) is 12.0. The topological polar surface area (TPSA) is 20.2 Å². The zero-order valence-corrected chi connectivity index (χ0v) is 13.6. The van der Waals surface area contributed by atoms with E-state index in [0.29, 0.717) is 16.2 Å². The standard InChI is InChI=1S/C15H24OS2/c1-10(2)17-8-13-6-12(5)7-14(15(13)16)9-18-11(3)4/h6-7,10-11,16H,8-9H2,1-5H3. The normalized spacial score (nSPS) is 11.5. The predicted octanol–water partition coefficient (Wildman–Crippen LogP) is 4.98. The number of phenolic OH excluding ortho intramolecular Hbond substituents is 1. The summed E-state index contributed by atoms with van der Waals surface area (Å²) in [6.45, 7) is 10.9. The second-order valence-corrected chi connectivity index (χ2v) is 8.28. The van der Waals surface area contributed by atoms with Crippen molar-refractivity contribution in [2.75, 3.05) is 0 Å². The number of thioether (sulfide) groups is 2. The summed E-state index contributed by atoms with van der Waals surface area (Å²) in [6.07, 6.45) is 0. The highest BCUT2D eigenvalue weighted by molar-refractivity contribution is 7.99. The number of rotatable bonds is 6. The third kappa shape index (κ3) is 5.15. The number of aryl methyl sites for hydroxylation is 1. The third-order valence-corrected chi connectivity index (χ3v) is 4.85. The molecular weight excluding hydrogens is 260 g/mol. The van der Waals surface area contributed by atoms with E-state index in [4.69, 9.17) is 0 Å². The van der Waals surface area contributed by atoms with Crippen LogP contribution in [0.25, 0.3) is 0 Å². The van der Waals surface area contributed by atoms with Crippen LogP contribution in [-0.4, -0.2) is 15.6 Å². The van der Waals surface area contributed by atoms with Crippen LogP contribution in [0.1, 0.15) is 44.4 Å². The lowest BCUT2D eigenvalue weighted by molar-refractivity contribution is 0.465. The molecule has 102 valence electrons. The Bertz CT molecular complexity index is 353. The fourth-order valence-corrected chi connectivity index (χ4v) is 3.13. The lowest BCUT2D eigenvalue weighted by Crippen LogP contribution is -1.95. The van der Waals surface area contributed by atoms with E-state index in [0.717, 1.165) is 22.6 Å². The number of hydrogen-bond donors (Lipinski definition) is 1. The lowest BCUT2D eigenvalue weighted by Gasteiger charge is -2.13. The van der Waals surface area contributed by atoms with Gasteiger partial charge in [-0.15, -0.1) is 0 Å². The molecule has 0 amide bonds. The van der Waals surface area contributed by atoms with Gasteiger partial charge >= 0.3 is 0 Å². The monoisotopic (exact) mass is 284 g/mol. The molecule has 0 saturated carbocycles. The van der Waals surface area contributed by atoms with Gasteiger partial charge in [-0.2, -0.15) is 23.5 Å². The first-order valence-electron chi connectivity index (χ1n) is 6.44. The van der Waals surface area contributed by atoms with Crippen LogP contribution in [0, 0.1) is 6.92 Å². The minimum absolute atomic E-state index is 0.502. The van der Waals surface area contributed by atoms with Crippen molar-refractivity contribution in [2.24, 2.45) is 0 Å². The van der Waals surface area contributed by atoms with Gasteiger partial charge in [0.2, 0.25) is 0 Å². The number of hydrogen-bond acceptors (Lipinski definition) is 3. The zero-order chi connectivity index (χ0) is 13.7. The second-order valence-electron chi connectivity index (χ2n) is 5.15. The Morgan fingerprint density at radius 1 is 0.944 bits per heavy atom. The van der Waals surface area contributed by atoms with Gasteiger partial charge in [-0.1, -0.05) is 45.4 Å². The van der Waals surface area contributed by atoms with Crippen LogP contribution in [-0.2, 0) is 11.5 Å². The first-order valence-corrected chi connectivity index (χ1v) is 8.54. The van der Waals surface area contributed by atoms with Crippen molar-refractivity contribution in [2.45, 2.75) is 56.6 Å². The van der Waals surface area contributed by atoms with Crippen LogP contribution < -0.4 is 0 Å². The highest BCUT2D eigenvalue weighted by atomic mass is 32.2. The molecule has 0 aliphatic heterocycles. The van der Waals surface area contributed by atoms with E-state index in [1.54, 1.807) is 0 Å². The maximum Gasteiger partial charge on any atom is 0.123 e. The SMILES string of the molecule is Cc1cc(CSC(C)C)c(O)c(CSC(C)C)c1. The van der Waals surface area contributed by atoms with Crippen LogP contribution in [0.4, 0.5) is 0 Å². The van der Waals surface area contributed by atoms with Gasteiger partial charge in [-0.25, -0.2) is 0 Å². The molecule has 0 aromatic heterocycles. The molecule has 0 aliphatic rings. The Balaban J connectivity index is 2.84. The number of aromatic hydroxyl groups is 1. The van der Waals surface area contributed by atoms with Gasteiger partial charge in [0.1, 0.15) is 5.75 Å². The molecule has 0 unspecified atom stereocenters. The van der Waals surface area contributed by atoms with Crippen molar-refractivity contribution < 1.29 is 5.11 Å². The molecule has 1 aromatic rings. The molecule has 0 aliphatic carbocycles. The lowest BCUT2D eigenvalue weighted by atomic mass is 10.1. The quantitative estimate of drug-likeness (QED) is 0.795. The van der Waals surface area contributed by atoms with Gasteiger partial charge in [-0.3, -0.25) is 0 Å². The summed E-state index contributed by atoms with van der Waals surface area (Å²) >= 11 is 3.75. The summed E-state index contributed by atoms with van der Waals surface area (Å²) in [5.74, 6) is 2.29. The maximum absolute atomic E-state index is 10.3. The molecule has 1 rings (SSSR count). The van der Waals surface area contributed by atoms with Gasteiger partial charge in [0.05, 0.1) is 0 Å². The average molecular weight is 284 g/mol. The highest BCUT2D eigenvalue weighted by Crippen LogP contribution is 2.32. The van der Waals surface area contributed by atoms with E-state index in [-0.39, 0.29) is 0 Å². The molecule has 0 saturated heterocycles. The molecule has 1 nitrogen and oxygen atoms in total. The van der Waals surface area contributed by atoms with Crippen LogP contribution in [0.2, 0.25) is 0 Å². The summed E-state index contributed by atoms with van der Waals surface area (Å²) < 4.78 is 0. The van der Waals surface area contributed by atoms with E-state index in [2.05, 4.69) is 46.8 Å². The molecule has 0 heterocycles. The van der Waals surface area contributed by atoms with Crippen molar-refractivity contribution in [1.29, 1.82) is 0 Å². The van der Waals surface area contributed by atoms with E-state index in [9.17, 15) is 5.11 Å². The summed E-state index contributed by atoms with van der Waals surface area (Å²) in [6, 6.07) is 4.21. The van der Waals surface area contributed by atoms with Crippen LogP contribution in [0.5, 0.6) is 5.75 Å². The highest BCUT2D eigenvalue weighted by Gasteiger charge is 2.10. The summed E-state index contributed by atoms with van der Waals surface area (Å²) in [7, 11) is 0. The van der Waals surface area contributed by atoms with Crippen molar-refractivity contribution in [3.63, 3.8) is 0 Å². The Labute approximate surface area is 120 Å². The third-order valence-electron chi connectivity index (χ3n) is 2.56. The van der Waals surface area contributed by atoms with E-state index in [1.807, 2.05) is 23.5 Å². The Hall–Kier alpha value is -0.280.